The number of aromatic carboxylic acids is 1. The lowest BCUT2D eigenvalue weighted by Crippen LogP contribution is -2.28. The van der Waals surface area contributed by atoms with Gasteiger partial charge in [-0.1, -0.05) is 12.1 Å². The van der Waals surface area contributed by atoms with Crippen LogP contribution in [0.15, 0.2) is 45.7 Å². The van der Waals surface area contributed by atoms with Gasteiger partial charge >= 0.3 is 5.97 Å². The first-order valence-electron chi connectivity index (χ1n) is 7.11. The number of benzene rings is 1. The molecule has 1 amide bonds. The molecule has 1 saturated heterocycles. The summed E-state index contributed by atoms with van der Waals surface area (Å²) in [5.74, 6) is -1.09. The van der Waals surface area contributed by atoms with Crippen LogP contribution >= 0.6 is 23.1 Å². The number of likely N-dealkylation sites (N-methyl/N-ethyl adjacent to an activating group) is 1. The summed E-state index contributed by atoms with van der Waals surface area (Å²) in [5, 5.41) is 12.0. The van der Waals surface area contributed by atoms with Gasteiger partial charge in [0.05, 0.1) is 10.5 Å². The van der Waals surface area contributed by atoms with Crippen LogP contribution in [-0.4, -0.2) is 38.6 Å². The van der Waals surface area contributed by atoms with Crippen molar-refractivity contribution in [3.8, 4) is 0 Å². The number of hydrogen-bond acceptors (Lipinski definition) is 6. The zero-order chi connectivity index (χ0) is 17.1. The number of carboxylic acids is 1. The summed E-state index contributed by atoms with van der Waals surface area (Å²) in [6.07, 6.45) is 3.41. The van der Waals surface area contributed by atoms with E-state index in [-0.39, 0.29) is 11.5 Å². The van der Waals surface area contributed by atoms with E-state index in [1.54, 1.807) is 29.3 Å². The van der Waals surface area contributed by atoms with Crippen LogP contribution in [0.5, 0.6) is 0 Å². The van der Waals surface area contributed by atoms with Crippen LogP contribution in [0.3, 0.4) is 0 Å². The maximum Gasteiger partial charge on any atom is 0.335 e. The van der Waals surface area contributed by atoms with Crippen LogP contribution in [0.4, 0.5) is 5.13 Å². The molecule has 6 nitrogen and oxygen atoms in total. The predicted molar refractivity (Wildman–Crippen MR) is 95.6 cm³/mol. The molecule has 1 N–H and O–H groups in total. The second kappa shape index (κ2) is 6.98. The third-order valence-corrected chi connectivity index (χ3v) is 4.94. The number of nitrogens with zero attached hydrogens (tertiary/aromatic N) is 3. The quantitative estimate of drug-likeness (QED) is 0.845. The van der Waals surface area contributed by atoms with E-state index in [1.165, 1.54) is 35.2 Å². The molecule has 2 aromatic rings. The topological polar surface area (TPSA) is 82.9 Å². The fourth-order valence-electron chi connectivity index (χ4n) is 2.10. The van der Waals surface area contributed by atoms with E-state index in [4.69, 9.17) is 5.11 Å². The van der Waals surface area contributed by atoms with Gasteiger partial charge in [0.15, 0.2) is 5.17 Å². The van der Waals surface area contributed by atoms with Crippen molar-refractivity contribution in [3.05, 3.63) is 51.9 Å². The van der Waals surface area contributed by atoms with Gasteiger partial charge in [0.1, 0.15) is 0 Å². The first-order valence-corrected chi connectivity index (χ1v) is 8.81. The summed E-state index contributed by atoms with van der Waals surface area (Å²) in [5.41, 5.74) is 0.978. The molecule has 0 atom stereocenters. The minimum atomic E-state index is -0.976. The predicted octanol–water partition coefficient (Wildman–Crippen LogP) is 3.47. The van der Waals surface area contributed by atoms with E-state index in [2.05, 4.69) is 9.98 Å². The van der Waals surface area contributed by atoms with Crippen molar-refractivity contribution in [2.24, 2.45) is 4.99 Å². The first kappa shape index (κ1) is 16.4. The molecule has 1 fully saturated rings. The largest absolute Gasteiger partial charge is 0.478 e. The third kappa shape index (κ3) is 3.39. The fourth-order valence-corrected chi connectivity index (χ4v) is 3.70. The molecule has 0 saturated carbocycles. The molecule has 0 aliphatic carbocycles. The van der Waals surface area contributed by atoms with Crippen molar-refractivity contribution >= 4 is 51.4 Å². The van der Waals surface area contributed by atoms with Crippen LogP contribution in [0.2, 0.25) is 0 Å². The Bertz CT molecular complexity index is 827. The SMILES string of the molecule is CCN1C(=O)C(=Cc2ccc(C(=O)O)cc2)SC1=Nc1nccs1. The highest BCUT2D eigenvalue weighted by atomic mass is 32.2. The summed E-state index contributed by atoms with van der Waals surface area (Å²) >= 11 is 2.70. The summed E-state index contributed by atoms with van der Waals surface area (Å²) in [4.78, 5) is 34.1. The van der Waals surface area contributed by atoms with Crippen molar-refractivity contribution in [1.29, 1.82) is 0 Å². The number of thioether (sulfide) groups is 1. The Morgan fingerprint density at radius 1 is 1.38 bits per heavy atom. The Morgan fingerprint density at radius 3 is 2.71 bits per heavy atom. The number of amidine groups is 1. The molecule has 0 radical (unpaired) electrons. The Morgan fingerprint density at radius 2 is 2.12 bits per heavy atom. The Hall–Kier alpha value is -2.45. The summed E-state index contributed by atoms with van der Waals surface area (Å²) in [6.45, 7) is 2.41. The van der Waals surface area contributed by atoms with Gasteiger partial charge in [-0.15, -0.1) is 11.3 Å². The van der Waals surface area contributed by atoms with Crippen LogP contribution in [-0.2, 0) is 4.79 Å². The Labute approximate surface area is 146 Å². The molecule has 0 bridgehead atoms. The normalized spacial score (nSPS) is 17.9. The summed E-state index contributed by atoms with van der Waals surface area (Å²) in [6, 6.07) is 6.38. The van der Waals surface area contributed by atoms with E-state index in [0.29, 0.717) is 21.7 Å². The van der Waals surface area contributed by atoms with Gasteiger partial charge in [0.2, 0.25) is 5.13 Å². The average molecular weight is 359 g/mol. The lowest BCUT2D eigenvalue weighted by Gasteiger charge is -2.11. The van der Waals surface area contributed by atoms with Gasteiger partial charge in [-0.2, -0.15) is 4.99 Å². The molecule has 122 valence electrons. The number of hydrogen-bond donors (Lipinski definition) is 1. The monoisotopic (exact) mass is 359 g/mol. The van der Waals surface area contributed by atoms with Crippen LogP contribution in [0.25, 0.3) is 6.08 Å². The van der Waals surface area contributed by atoms with Crippen molar-refractivity contribution < 1.29 is 14.7 Å². The average Bonchev–Trinajstić information content (AvgIpc) is 3.17. The molecule has 24 heavy (non-hydrogen) atoms. The zero-order valence-electron chi connectivity index (χ0n) is 12.7. The second-order valence-corrected chi connectivity index (χ2v) is 6.68. The minimum Gasteiger partial charge on any atom is -0.478 e. The Kier molecular flexibility index (Phi) is 4.77. The van der Waals surface area contributed by atoms with Gasteiger partial charge in [0.25, 0.3) is 5.91 Å². The number of amides is 1. The molecule has 1 aliphatic rings. The van der Waals surface area contributed by atoms with E-state index < -0.39 is 5.97 Å². The Balaban J connectivity index is 1.88. The highest BCUT2D eigenvalue weighted by Crippen LogP contribution is 2.34. The van der Waals surface area contributed by atoms with E-state index in [9.17, 15) is 9.59 Å². The molecular formula is C16H13N3O3S2. The van der Waals surface area contributed by atoms with E-state index in [0.717, 1.165) is 5.56 Å². The van der Waals surface area contributed by atoms with Crippen molar-refractivity contribution in [3.63, 3.8) is 0 Å². The van der Waals surface area contributed by atoms with E-state index >= 15 is 0 Å². The number of carbonyl (C=O) groups is 2. The molecule has 1 aliphatic heterocycles. The lowest BCUT2D eigenvalue weighted by atomic mass is 10.1. The molecule has 2 heterocycles. The highest BCUT2D eigenvalue weighted by molar-refractivity contribution is 8.18. The van der Waals surface area contributed by atoms with Crippen molar-refractivity contribution in [1.82, 2.24) is 9.88 Å². The maximum atomic E-state index is 12.5. The third-order valence-electron chi connectivity index (χ3n) is 3.27. The fraction of sp³-hybridized carbons (Fsp3) is 0.125. The van der Waals surface area contributed by atoms with Crippen LogP contribution in [0.1, 0.15) is 22.8 Å². The van der Waals surface area contributed by atoms with Gasteiger partial charge in [-0.3, -0.25) is 9.69 Å². The maximum absolute atomic E-state index is 12.5. The standard InChI is InChI=1S/C16H13N3O3S2/c1-2-19-13(20)12(24-16(19)18-15-17-7-8-23-15)9-10-3-5-11(6-4-10)14(21)22/h3-9H,2H2,1H3,(H,21,22). The number of carbonyl (C=O) groups excluding carboxylic acids is 1. The lowest BCUT2D eigenvalue weighted by molar-refractivity contribution is -0.122. The molecule has 1 aromatic carbocycles. The van der Waals surface area contributed by atoms with Gasteiger partial charge in [-0.05, 0) is 42.5 Å². The highest BCUT2D eigenvalue weighted by Gasteiger charge is 2.32. The summed E-state index contributed by atoms with van der Waals surface area (Å²) in [7, 11) is 0. The van der Waals surface area contributed by atoms with Crippen molar-refractivity contribution in [2.75, 3.05) is 6.54 Å². The number of carboxylic acid groups (broad SMARTS) is 1. The number of thiazole rings is 1. The first-order chi connectivity index (χ1) is 11.6. The molecule has 3 rings (SSSR count). The number of aromatic nitrogens is 1. The van der Waals surface area contributed by atoms with E-state index in [1.807, 2.05) is 12.3 Å². The molecule has 8 heteroatoms. The van der Waals surface area contributed by atoms with Crippen molar-refractivity contribution in [2.45, 2.75) is 6.92 Å². The molecular weight excluding hydrogens is 346 g/mol. The van der Waals surface area contributed by atoms with Gasteiger partial charge in [-0.25, -0.2) is 9.78 Å². The molecule has 0 unspecified atom stereocenters. The summed E-state index contributed by atoms with van der Waals surface area (Å²) < 4.78 is 0. The minimum absolute atomic E-state index is 0.111. The second-order valence-electron chi connectivity index (χ2n) is 4.80. The zero-order valence-corrected chi connectivity index (χ0v) is 14.3. The van der Waals surface area contributed by atoms with Crippen LogP contribution < -0.4 is 0 Å². The molecule has 1 aromatic heterocycles. The number of aliphatic imine (C=N–C) groups is 1. The number of rotatable bonds is 4. The van der Waals surface area contributed by atoms with Gasteiger partial charge < -0.3 is 5.11 Å². The smallest absolute Gasteiger partial charge is 0.335 e. The van der Waals surface area contributed by atoms with Gasteiger partial charge in [0, 0.05) is 18.1 Å². The van der Waals surface area contributed by atoms with Crippen LogP contribution in [0, 0.1) is 0 Å². The molecule has 0 spiro atoms.